The van der Waals surface area contributed by atoms with Gasteiger partial charge in [-0.3, -0.25) is 0 Å². The van der Waals surface area contributed by atoms with Gasteiger partial charge in [-0.05, 0) is 36.5 Å². The number of aliphatic hydroxyl groups is 1. The van der Waals surface area contributed by atoms with Gasteiger partial charge in [0.1, 0.15) is 0 Å². The van der Waals surface area contributed by atoms with E-state index in [1.54, 1.807) is 21.3 Å². The zero-order valence-electron chi connectivity index (χ0n) is 13.0. The summed E-state index contributed by atoms with van der Waals surface area (Å²) in [4.78, 5) is 0. The predicted molar refractivity (Wildman–Crippen MR) is 81.2 cm³/mol. The minimum absolute atomic E-state index is 0.257. The van der Waals surface area contributed by atoms with Gasteiger partial charge in [0, 0.05) is 19.2 Å². The molecule has 2 atom stereocenters. The van der Waals surface area contributed by atoms with Crippen LogP contribution in [0.4, 0.5) is 0 Å². The Labute approximate surface area is 126 Å². The van der Waals surface area contributed by atoms with Crippen LogP contribution >= 0.6 is 0 Å². The number of hydrogen-bond donors (Lipinski definition) is 2. The molecule has 2 N–H and O–H groups in total. The molecule has 5 nitrogen and oxygen atoms in total. The second kappa shape index (κ2) is 7.52. The van der Waals surface area contributed by atoms with Crippen molar-refractivity contribution in [2.75, 3.05) is 27.9 Å². The highest BCUT2D eigenvalue weighted by Gasteiger charge is 2.26. The van der Waals surface area contributed by atoms with Crippen LogP contribution in [0.3, 0.4) is 0 Å². The molecule has 0 amide bonds. The van der Waals surface area contributed by atoms with Gasteiger partial charge in [-0.1, -0.05) is 6.42 Å². The van der Waals surface area contributed by atoms with Crippen LogP contribution in [-0.2, 0) is 6.54 Å². The number of ether oxygens (including phenoxy) is 3. The molecule has 1 saturated carbocycles. The maximum Gasteiger partial charge on any atom is 0.203 e. The summed E-state index contributed by atoms with van der Waals surface area (Å²) in [5.74, 6) is 2.31. The van der Waals surface area contributed by atoms with E-state index in [0.717, 1.165) is 24.9 Å². The van der Waals surface area contributed by atoms with E-state index >= 15 is 0 Å². The first kappa shape index (κ1) is 15.9. The van der Waals surface area contributed by atoms with Crippen molar-refractivity contribution in [3.8, 4) is 17.2 Å². The van der Waals surface area contributed by atoms with Crippen LogP contribution in [0.25, 0.3) is 0 Å². The van der Waals surface area contributed by atoms with Crippen LogP contribution in [0.5, 0.6) is 17.2 Å². The van der Waals surface area contributed by atoms with Gasteiger partial charge in [0.25, 0.3) is 0 Å². The number of hydrogen-bond acceptors (Lipinski definition) is 5. The highest BCUT2D eigenvalue weighted by atomic mass is 16.5. The lowest BCUT2D eigenvalue weighted by atomic mass is 10.0. The summed E-state index contributed by atoms with van der Waals surface area (Å²) in [7, 11) is 4.84. The Morgan fingerprint density at radius 1 is 1.10 bits per heavy atom. The third kappa shape index (κ3) is 3.60. The van der Waals surface area contributed by atoms with E-state index in [4.69, 9.17) is 14.2 Å². The van der Waals surface area contributed by atoms with Crippen LogP contribution in [0.1, 0.15) is 24.8 Å². The Balaban J connectivity index is 2.09. The van der Waals surface area contributed by atoms with Crippen LogP contribution in [-0.4, -0.2) is 39.1 Å². The minimum Gasteiger partial charge on any atom is -0.493 e. The molecule has 1 aliphatic rings. The molecular formula is C16H25NO4. The maximum absolute atomic E-state index is 9.37. The van der Waals surface area contributed by atoms with Crippen molar-refractivity contribution in [2.24, 2.45) is 5.92 Å². The number of nitrogens with one attached hydrogen (secondary N) is 1. The summed E-state index contributed by atoms with van der Waals surface area (Å²) in [6.07, 6.45) is 3.40. The predicted octanol–water partition coefficient (Wildman–Crippen LogP) is 1.96. The molecule has 21 heavy (non-hydrogen) atoms. The van der Waals surface area contributed by atoms with E-state index in [1.165, 1.54) is 6.42 Å². The molecule has 2 unspecified atom stereocenters. The number of aliphatic hydroxyl groups excluding tert-OH is 1. The molecule has 0 radical (unpaired) electrons. The molecule has 0 saturated heterocycles. The Hall–Kier alpha value is -1.46. The Bertz CT molecular complexity index is 439. The van der Waals surface area contributed by atoms with Gasteiger partial charge in [0.2, 0.25) is 5.75 Å². The SMILES string of the molecule is COc1cc(CNC2CCCC2CO)cc(OC)c1OC. The first-order valence-corrected chi connectivity index (χ1v) is 7.36. The lowest BCUT2D eigenvalue weighted by Gasteiger charge is -2.20. The quantitative estimate of drug-likeness (QED) is 0.805. The molecule has 0 bridgehead atoms. The van der Waals surface area contributed by atoms with Gasteiger partial charge >= 0.3 is 0 Å². The van der Waals surface area contributed by atoms with E-state index in [0.29, 0.717) is 29.2 Å². The third-order valence-corrected chi connectivity index (χ3v) is 4.19. The lowest BCUT2D eigenvalue weighted by molar-refractivity contribution is 0.205. The van der Waals surface area contributed by atoms with E-state index in [2.05, 4.69) is 5.32 Å². The fourth-order valence-corrected chi connectivity index (χ4v) is 3.01. The summed E-state index contributed by atoms with van der Waals surface area (Å²) in [6.45, 7) is 0.977. The summed E-state index contributed by atoms with van der Waals surface area (Å²) < 4.78 is 16.0. The zero-order valence-corrected chi connectivity index (χ0v) is 13.0. The van der Waals surface area contributed by atoms with E-state index in [9.17, 15) is 5.11 Å². The van der Waals surface area contributed by atoms with E-state index in [1.807, 2.05) is 12.1 Å². The van der Waals surface area contributed by atoms with E-state index in [-0.39, 0.29) is 6.61 Å². The number of rotatable bonds is 7. The number of methoxy groups -OCH3 is 3. The molecule has 1 fully saturated rings. The molecule has 1 aliphatic carbocycles. The molecule has 0 aromatic heterocycles. The summed E-state index contributed by atoms with van der Waals surface area (Å²) >= 11 is 0. The van der Waals surface area contributed by atoms with Gasteiger partial charge in [-0.25, -0.2) is 0 Å². The van der Waals surface area contributed by atoms with Crippen molar-refractivity contribution in [3.63, 3.8) is 0 Å². The van der Waals surface area contributed by atoms with Gasteiger partial charge in [0.05, 0.1) is 21.3 Å². The zero-order chi connectivity index (χ0) is 15.2. The second-order valence-electron chi connectivity index (χ2n) is 5.39. The fraction of sp³-hybridized carbons (Fsp3) is 0.625. The Morgan fingerprint density at radius 2 is 1.76 bits per heavy atom. The third-order valence-electron chi connectivity index (χ3n) is 4.19. The van der Waals surface area contributed by atoms with Crippen molar-refractivity contribution >= 4 is 0 Å². The van der Waals surface area contributed by atoms with Crippen molar-refractivity contribution in [1.29, 1.82) is 0 Å². The van der Waals surface area contributed by atoms with Crippen molar-refractivity contribution < 1.29 is 19.3 Å². The number of benzene rings is 1. The highest BCUT2D eigenvalue weighted by molar-refractivity contribution is 5.53. The smallest absolute Gasteiger partial charge is 0.203 e. The molecule has 2 rings (SSSR count). The van der Waals surface area contributed by atoms with E-state index < -0.39 is 0 Å². The maximum atomic E-state index is 9.37. The lowest BCUT2D eigenvalue weighted by Crippen LogP contribution is -2.33. The van der Waals surface area contributed by atoms with Crippen LogP contribution in [0.2, 0.25) is 0 Å². The second-order valence-corrected chi connectivity index (χ2v) is 5.39. The Morgan fingerprint density at radius 3 is 2.29 bits per heavy atom. The molecular weight excluding hydrogens is 270 g/mol. The topological polar surface area (TPSA) is 60.0 Å². The average Bonchev–Trinajstić information content (AvgIpc) is 2.99. The molecule has 0 spiro atoms. The summed E-state index contributed by atoms with van der Waals surface area (Å²) in [6, 6.07) is 4.29. The first-order valence-electron chi connectivity index (χ1n) is 7.36. The molecule has 1 aromatic rings. The molecule has 118 valence electrons. The molecule has 1 aromatic carbocycles. The monoisotopic (exact) mass is 295 g/mol. The molecule has 0 heterocycles. The Kier molecular flexibility index (Phi) is 5.70. The first-order chi connectivity index (χ1) is 10.2. The largest absolute Gasteiger partial charge is 0.493 e. The van der Waals surface area contributed by atoms with Crippen LogP contribution in [0, 0.1) is 5.92 Å². The van der Waals surface area contributed by atoms with Gasteiger partial charge < -0.3 is 24.6 Å². The summed E-state index contributed by atoms with van der Waals surface area (Å²) in [5.41, 5.74) is 1.08. The van der Waals surface area contributed by atoms with Crippen LogP contribution < -0.4 is 19.5 Å². The van der Waals surface area contributed by atoms with Crippen LogP contribution in [0.15, 0.2) is 12.1 Å². The van der Waals surface area contributed by atoms with Gasteiger partial charge in [-0.2, -0.15) is 0 Å². The standard InChI is InChI=1S/C16H25NO4/c1-19-14-7-11(8-15(20-2)16(14)21-3)9-17-13-6-4-5-12(13)10-18/h7-8,12-13,17-18H,4-6,9-10H2,1-3H3. The molecule has 0 aliphatic heterocycles. The van der Waals surface area contributed by atoms with Gasteiger partial charge in [-0.15, -0.1) is 0 Å². The fourth-order valence-electron chi connectivity index (χ4n) is 3.01. The minimum atomic E-state index is 0.257. The van der Waals surface area contributed by atoms with Crippen molar-refractivity contribution in [1.82, 2.24) is 5.32 Å². The molecule has 5 heteroatoms. The normalized spacial score (nSPS) is 21.3. The van der Waals surface area contributed by atoms with Gasteiger partial charge in [0.15, 0.2) is 11.5 Å². The van der Waals surface area contributed by atoms with Crippen molar-refractivity contribution in [2.45, 2.75) is 31.8 Å². The average molecular weight is 295 g/mol. The van der Waals surface area contributed by atoms with Crippen molar-refractivity contribution in [3.05, 3.63) is 17.7 Å². The highest BCUT2D eigenvalue weighted by Crippen LogP contribution is 2.38. The summed E-state index contributed by atoms with van der Waals surface area (Å²) in [5, 5.41) is 12.9.